The summed E-state index contributed by atoms with van der Waals surface area (Å²) >= 11 is 0. The van der Waals surface area contributed by atoms with Crippen LogP contribution in [0.2, 0.25) is 0 Å². The molecule has 7 nitrogen and oxygen atoms in total. The fraction of sp³-hybridized carbons (Fsp3) is 0. The van der Waals surface area contributed by atoms with Crippen molar-refractivity contribution in [2.75, 3.05) is 5.73 Å². The van der Waals surface area contributed by atoms with Crippen LogP contribution < -0.4 is 5.73 Å². The lowest BCUT2D eigenvalue weighted by Gasteiger charge is -2.05. The van der Waals surface area contributed by atoms with Gasteiger partial charge in [-0.15, -0.1) is 0 Å². The van der Waals surface area contributed by atoms with E-state index in [4.69, 9.17) is 5.73 Å². The average molecular weight is 303 g/mol. The highest BCUT2D eigenvalue weighted by molar-refractivity contribution is 6.09. The lowest BCUT2D eigenvalue weighted by molar-refractivity contribution is -0.385. The van der Waals surface area contributed by atoms with Crippen LogP contribution in [0, 0.1) is 15.9 Å². The first-order valence-electron chi connectivity index (χ1n) is 6.00. The number of benzene rings is 1. The van der Waals surface area contributed by atoms with E-state index in [0.717, 1.165) is 6.08 Å². The Morgan fingerprint density at radius 3 is 2.77 bits per heavy atom. The monoisotopic (exact) mass is 303 g/mol. The summed E-state index contributed by atoms with van der Waals surface area (Å²) in [6.07, 6.45) is 3.87. The first kappa shape index (κ1) is 15.1. The number of rotatable bonds is 4. The second-order valence-corrected chi connectivity index (χ2v) is 4.23. The molecule has 0 atom stereocenters. The van der Waals surface area contributed by atoms with E-state index < -0.39 is 39.2 Å². The van der Waals surface area contributed by atoms with Gasteiger partial charge < -0.3 is 10.8 Å². The van der Waals surface area contributed by atoms with Crippen LogP contribution in [0.5, 0.6) is 5.75 Å². The van der Waals surface area contributed by atoms with Crippen molar-refractivity contribution in [1.29, 1.82) is 0 Å². The normalized spacial score (nSPS) is 10.8. The van der Waals surface area contributed by atoms with Crippen molar-refractivity contribution in [3.63, 3.8) is 0 Å². The van der Waals surface area contributed by atoms with Gasteiger partial charge in [-0.25, -0.2) is 4.39 Å². The fourth-order valence-electron chi connectivity index (χ4n) is 1.74. The molecule has 0 bridgehead atoms. The van der Waals surface area contributed by atoms with Crippen LogP contribution in [0.4, 0.5) is 15.8 Å². The van der Waals surface area contributed by atoms with E-state index in [2.05, 4.69) is 4.98 Å². The molecule has 0 unspecified atom stereocenters. The maximum absolute atomic E-state index is 13.6. The summed E-state index contributed by atoms with van der Waals surface area (Å²) in [5, 5.41) is 20.6. The van der Waals surface area contributed by atoms with Crippen LogP contribution in [0.3, 0.4) is 0 Å². The number of aromatic hydroxyl groups is 1. The lowest BCUT2D eigenvalue weighted by atomic mass is 10.1. The minimum Gasteiger partial charge on any atom is -0.502 e. The topological polar surface area (TPSA) is 119 Å². The van der Waals surface area contributed by atoms with Crippen LogP contribution in [0.15, 0.2) is 36.5 Å². The summed E-state index contributed by atoms with van der Waals surface area (Å²) in [7, 11) is 0. The van der Waals surface area contributed by atoms with E-state index >= 15 is 0 Å². The molecule has 0 aliphatic heterocycles. The summed E-state index contributed by atoms with van der Waals surface area (Å²) < 4.78 is 13.6. The Bertz CT molecular complexity index is 775. The summed E-state index contributed by atoms with van der Waals surface area (Å²) in [6, 6.07) is 5.66. The number of ketones is 1. The van der Waals surface area contributed by atoms with E-state index in [-0.39, 0.29) is 0 Å². The second-order valence-electron chi connectivity index (χ2n) is 4.23. The molecule has 1 heterocycles. The van der Waals surface area contributed by atoms with Gasteiger partial charge in [0.05, 0.1) is 16.2 Å². The summed E-state index contributed by atoms with van der Waals surface area (Å²) in [6.45, 7) is 0. The molecule has 1 aromatic carbocycles. The number of aromatic nitrogens is 1. The summed E-state index contributed by atoms with van der Waals surface area (Å²) in [5.74, 6) is -2.94. The summed E-state index contributed by atoms with van der Waals surface area (Å²) in [5.41, 5.74) is 3.25. The standard InChI is InChI=1S/C14H10FN3O4/c15-10-7-9(14(20)13(12(10)16)18(21)22)11(19)5-4-8-3-1-2-6-17-8/h1-7,20H,16H2/b5-4+. The number of phenolic OH excluding ortho intramolecular Hbond substituents is 1. The number of pyridine rings is 1. The Morgan fingerprint density at radius 1 is 1.45 bits per heavy atom. The van der Waals surface area contributed by atoms with Gasteiger partial charge in [0.15, 0.2) is 17.3 Å². The smallest absolute Gasteiger partial charge is 0.337 e. The predicted molar refractivity (Wildman–Crippen MR) is 76.7 cm³/mol. The zero-order valence-corrected chi connectivity index (χ0v) is 11.1. The predicted octanol–water partition coefficient (Wildman–Crippen LogP) is 2.31. The second kappa shape index (κ2) is 6.00. The number of carbonyl (C=O) groups excluding carboxylic acids is 1. The number of nitro benzene ring substituents is 1. The zero-order chi connectivity index (χ0) is 16.3. The molecule has 0 saturated heterocycles. The van der Waals surface area contributed by atoms with Crippen molar-refractivity contribution in [2.24, 2.45) is 0 Å². The van der Waals surface area contributed by atoms with E-state index in [1.807, 2.05) is 0 Å². The number of halogens is 1. The van der Waals surface area contributed by atoms with Crippen molar-refractivity contribution in [1.82, 2.24) is 4.98 Å². The summed E-state index contributed by atoms with van der Waals surface area (Å²) in [4.78, 5) is 25.7. The minimum absolute atomic E-state index is 0.459. The molecule has 0 aliphatic rings. The maximum Gasteiger partial charge on any atom is 0.337 e. The van der Waals surface area contributed by atoms with E-state index in [1.165, 1.54) is 12.3 Å². The van der Waals surface area contributed by atoms with Crippen LogP contribution in [0.25, 0.3) is 6.08 Å². The van der Waals surface area contributed by atoms with Crippen LogP contribution >= 0.6 is 0 Å². The largest absolute Gasteiger partial charge is 0.502 e. The number of nitrogens with two attached hydrogens (primary N) is 1. The molecular formula is C14H10FN3O4. The molecule has 0 aliphatic carbocycles. The quantitative estimate of drug-likeness (QED) is 0.294. The van der Waals surface area contributed by atoms with Crippen LogP contribution in [-0.4, -0.2) is 20.8 Å². The van der Waals surface area contributed by atoms with Gasteiger partial charge in [-0.05, 0) is 30.4 Å². The SMILES string of the molecule is Nc1c(F)cc(C(=O)/C=C/c2ccccn2)c(O)c1[N+](=O)[O-]. The fourth-order valence-corrected chi connectivity index (χ4v) is 1.74. The maximum atomic E-state index is 13.6. The third-order valence-electron chi connectivity index (χ3n) is 2.80. The molecule has 0 spiro atoms. The number of phenols is 1. The highest BCUT2D eigenvalue weighted by Gasteiger charge is 2.27. The number of hydrogen-bond donors (Lipinski definition) is 2. The molecule has 0 fully saturated rings. The van der Waals surface area contributed by atoms with E-state index in [0.29, 0.717) is 11.8 Å². The molecule has 2 rings (SSSR count). The third kappa shape index (κ3) is 2.90. The van der Waals surface area contributed by atoms with Crippen molar-refractivity contribution >= 4 is 23.2 Å². The van der Waals surface area contributed by atoms with Gasteiger partial charge in [0, 0.05) is 6.20 Å². The molecule has 3 N–H and O–H groups in total. The Balaban J connectivity index is 2.43. The number of carbonyl (C=O) groups is 1. The Kier molecular flexibility index (Phi) is 4.12. The number of hydrogen-bond acceptors (Lipinski definition) is 6. The molecule has 8 heteroatoms. The van der Waals surface area contributed by atoms with Gasteiger partial charge in [0.1, 0.15) is 0 Å². The van der Waals surface area contributed by atoms with Gasteiger partial charge in [0.25, 0.3) is 0 Å². The van der Waals surface area contributed by atoms with E-state index in [9.17, 15) is 24.4 Å². The number of nitrogen functional groups attached to an aromatic ring is 1. The van der Waals surface area contributed by atoms with Gasteiger partial charge in [-0.2, -0.15) is 0 Å². The van der Waals surface area contributed by atoms with Gasteiger partial charge in [0.2, 0.25) is 5.75 Å². The third-order valence-corrected chi connectivity index (χ3v) is 2.80. The molecule has 2 aromatic rings. The minimum atomic E-state index is -1.15. The van der Waals surface area contributed by atoms with Crippen LogP contribution in [0.1, 0.15) is 16.1 Å². The lowest BCUT2D eigenvalue weighted by Crippen LogP contribution is -2.04. The van der Waals surface area contributed by atoms with Crippen molar-refractivity contribution in [3.8, 4) is 5.75 Å². The number of allylic oxidation sites excluding steroid dienone is 1. The molecule has 0 amide bonds. The van der Waals surface area contributed by atoms with Crippen LogP contribution in [-0.2, 0) is 0 Å². The average Bonchev–Trinajstić information content (AvgIpc) is 2.49. The number of nitro groups is 1. The van der Waals surface area contributed by atoms with Gasteiger partial charge in [-0.3, -0.25) is 19.9 Å². The van der Waals surface area contributed by atoms with Crippen molar-refractivity contribution < 1.29 is 19.2 Å². The Labute approximate surface area is 123 Å². The number of nitrogens with zero attached hydrogens (tertiary/aromatic N) is 2. The Hall–Kier alpha value is -3.29. The Morgan fingerprint density at radius 2 is 2.18 bits per heavy atom. The van der Waals surface area contributed by atoms with Crippen molar-refractivity contribution in [3.05, 3.63) is 63.7 Å². The van der Waals surface area contributed by atoms with Gasteiger partial charge >= 0.3 is 5.69 Å². The van der Waals surface area contributed by atoms with Gasteiger partial charge in [-0.1, -0.05) is 6.07 Å². The molecule has 0 radical (unpaired) electrons. The molecular weight excluding hydrogens is 293 g/mol. The van der Waals surface area contributed by atoms with E-state index in [1.54, 1.807) is 18.2 Å². The molecule has 1 aromatic heterocycles. The van der Waals surface area contributed by atoms with Crippen molar-refractivity contribution in [2.45, 2.75) is 0 Å². The highest BCUT2D eigenvalue weighted by atomic mass is 19.1. The molecule has 22 heavy (non-hydrogen) atoms. The first-order chi connectivity index (χ1) is 10.4. The molecule has 112 valence electrons. The zero-order valence-electron chi connectivity index (χ0n) is 11.1. The molecule has 0 saturated carbocycles. The number of anilines is 1. The highest BCUT2D eigenvalue weighted by Crippen LogP contribution is 2.37. The first-order valence-corrected chi connectivity index (χ1v) is 6.00.